The van der Waals surface area contributed by atoms with Crippen molar-refractivity contribution < 1.29 is 24.2 Å². The number of aliphatic hydroxyl groups is 1. The van der Waals surface area contributed by atoms with Gasteiger partial charge in [-0.2, -0.15) is 0 Å². The Bertz CT molecular complexity index is 1920. The monoisotopic (exact) mass is 649 g/mol. The number of thioether (sulfide) groups is 1. The SMILES string of the molecule is COc1cccc(C2C(=C(O)c3ccc(OCc4cccc(C)c4)cc3)C(=O)C(=O)N2c2nnc(SCc3ccc(C)cc3)s2)c1. The number of methoxy groups -OCH3 is 1. The molecule has 4 aromatic carbocycles. The summed E-state index contributed by atoms with van der Waals surface area (Å²) in [5, 5.41) is 20.4. The zero-order chi connectivity index (χ0) is 32.2. The van der Waals surface area contributed by atoms with Crippen LogP contribution in [0.1, 0.15) is 39.4 Å². The van der Waals surface area contributed by atoms with Crippen LogP contribution < -0.4 is 14.4 Å². The van der Waals surface area contributed by atoms with Gasteiger partial charge in [-0.05, 0) is 66.9 Å². The van der Waals surface area contributed by atoms with Gasteiger partial charge in [-0.15, -0.1) is 10.2 Å². The van der Waals surface area contributed by atoms with E-state index in [0.717, 1.165) is 16.7 Å². The van der Waals surface area contributed by atoms with E-state index in [2.05, 4.69) is 40.5 Å². The lowest BCUT2D eigenvalue weighted by molar-refractivity contribution is -0.132. The minimum atomic E-state index is -0.949. The number of Topliss-reactive ketones (excluding diaryl/α,β-unsaturated/α-hetero) is 1. The standard InChI is InChI=1S/C36H31N3O5S2/c1-22-10-12-24(13-11-22)21-45-36-38-37-35(46-36)39-31(27-8-5-9-29(19-27)43-3)30(33(41)34(39)42)32(40)26-14-16-28(17-15-26)44-20-25-7-4-6-23(2)18-25/h4-19,31,40H,20-21H2,1-3H3. The number of carbonyl (C=O) groups excluding carboxylic acids is 2. The summed E-state index contributed by atoms with van der Waals surface area (Å²) in [5.41, 5.74) is 5.42. The molecule has 1 aliphatic heterocycles. The zero-order valence-corrected chi connectivity index (χ0v) is 27.1. The van der Waals surface area contributed by atoms with E-state index in [1.165, 1.54) is 33.6 Å². The van der Waals surface area contributed by atoms with Gasteiger partial charge in [0.1, 0.15) is 23.9 Å². The fourth-order valence-corrected chi connectivity index (χ4v) is 7.00. The summed E-state index contributed by atoms with van der Waals surface area (Å²) in [4.78, 5) is 28.6. The average molecular weight is 650 g/mol. The van der Waals surface area contributed by atoms with Gasteiger partial charge in [0.05, 0.1) is 18.7 Å². The molecule has 0 spiro atoms. The number of hydrogen-bond acceptors (Lipinski definition) is 9. The number of rotatable bonds is 10. The Balaban J connectivity index is 1.31. The van der Waals surface area contributed by atoms with Crippen LogP contribution in [-0.2, 0) is 21.9 Å². The average Bonchev–Trinajstić information content (AvgIpc) is 3.65. The molecule has 1 fully saturated rings. The Morgan fingerprint density at radius 1 is 0.870 bits per heavy atom. The maximum atomic E-state index is 13.6. The molecule has 0 radical (unpaired) electrons. The molecule has 1 atom stereocenters. The van der Waals surface area contributed by atoms with E-state index < -0.39 is 17.7 Å². The van der Waals surface area contributed by atoms with Gasteiger partial charge >= 0.3 is 5.91 Å². The molecule has 0 saturated carbocycles. The number of anilines is 1. The molecule has 46 heavy (non-hydrogen) atoms. The molecular weight excluding hydrogens is 619 g/mol. The third kappa shape index (κ3) is 6.68. The van der Waals surface area contributed by atoms with Gasteiger partial charge in [-0.3, -0.25) is 14.5 Å². The van der Waals surface area contributed by atoms with Gasteiger partial charge in [-0.1, -0.05) is 94.9 Å². The lowest BCUT2D eigenvalue weighted by atomic mass is 9.95. The van der Waals surface area contributed by atoms with Crippen molar-refractivity contribution in [3.8, 4) is 11.5 Å². The first-order chi connectivity index (χ1) is 22.3. The molecule has 10 heteroatoms. The highest BCUT2D eigenvalue weighted by atomic mass is 32.2. The largest absolute Gasteiger partial charge is 0.507 e. The molecule has 8 nitrogen and oxygen atoms in total. The maximum absolute atomic E-state index is 13.6. The Morgan fingerprint density at radius 2 is 1.63 bits per heavy atom. The molecule has 2 heterocycles. The molecule has 1 aromatic heterocycles. The Labute approximate surface area is 275 Å². The van der Waals surface area contributed by atoms with Crippen LogP contribution in [0.2, 0.25) is 0 Å². The number of nitrogens with zero attached hydrogens (tertiary/aromatic N) is 3. The molecule has 6 rings (SSSR count). The second kappa shape index (κ2) is 13.6. The van der Waals surface area contributed by atoms with E-state index in [1.54, 1.807) is 55.6 Å². The molecule has 232 valence electrons. The van der Waals surface area contributed by atoms with Crippen LogP contribution in [-0.4, -0.2) is 34.1 Å². The predicted octanol–water partition coefficient (Wildman–Crippen LogP) is 7.66. The number of amides is 1. The highest BCUT2D eigenvalue weighted by Gasteiger charge is 2.48. The third-order valence-corrected chi connectivity index (χ3v) is 9.68. The van der Waals surface area contributed by atoms with E-state index in [1.807, 2.05) is 32.0 Å². The fraction of sp³-hybridized carbons (Fsp3) is 0.167. The topological polar surface area (TPSA) is 102 Å². The van der Waals surface area contributed by atoms with Crippen LogP contribution in [0, 0.1) is 13.8 Å². The Kier molecular flexibility index (Phi) is 9.18. The molecule has 1 N–H and O–H groups in total. The first-order valence-electron chi connectivity index (χ1n) is 14.6. The van der Waals surface area contributed by atoms with Gasteiger partial charge in [-0.25, -0.2) is 0 Å². The van der Waals surface area contributed by atoms with Crippen molar-refractivity contribution in [2.75, 3.05) is 12.0 Å². The van der Waals surface area contributed by atoms with E-state index in [9.17, 15) is 14.7 Å². The maximum Gasteiger partial charge on any atom is 0.301 e. The highest BCUT2D eigenvalue weighted by molar-refractivity contribution is 8.00. The molecule has 1 unspecified atom stereocenters. The van der Waals surface area contributed by atoms with Crippen molar-refractivity contribution in [3.05, 3.63) is 136 Å². The smallest absolute Gasteiger partial charge is 0.301 e. The van der Waals surface area contributed by atoms with Crippen LogP contribution in [0.4, 0.5) is 5.13 Å². The second-order valence-electron chi connectivity index (χ2n) is 10.9. The summed E-state index contributed by atoms with van der Waals surface area (Å²) in [6, 6.07) is 29.2. The lowest BCUT2D eigenvalue weighted by Gasteiger charge is -2.23. The third-order valence-electron chi connectivity index (χ3n) is 7.55. The van der Waals surface area contributed by atoms with Crippen molar-refractivity contribution in [2.24, 2.45) is 0 Å². The number of hydrogen-bond donors (Lipinski definition) is 1. The highest BCUT2D eigenvalue weighted by Crippen LogP contribution is 2.44. The van der Waals surface area contributed by atoms with Crippen molar-refractivity contribution in [2.45, 2.75) is 36.6 Å². The first kappa shape index (κ1) is 31.1. The van der Waals surface area contributed by atoms with E-state index in [4.69, 9.17) is 9.47 Å². The van der Waals surface area contributed by atoms with Crippen molar-refractivity contribution in [3.63, 3.8) is 0 Å². The number of aromatic nitrogens is 2. The van der Waals surface area contributed by atoms with Gasteiger partial charge in [0.25, 0.3) is 5.78 Å². The quantitative estimate of drug-likeness (QED) is 0.0541. The van der Waals surface area contributed by atoms with Gasteiger partial charge in [0.2, 0.25) is 5.13 Å². The number of benzene rings is 4. The van der Waals surface area contributed by atoms with E-state index >= 15 is 0 Å². The van der Waals surface area contributed by atoms with Gasteiger partial charge in [0, 0.05) is 11.3 Å². The molecule has 1 amide bonds. The molecule has 5 aromatic rings. The molecule has 0 bridgehead atoms. The number of ether oxygens (including phenoxy) is 2. The summed E-state index contributed by atoms with van der Waals surface area (Å²) in [6.45, 7) is 4.46. The van der Waals surface area contributed by atoms with Crippen LogP contribution >= 0.6 is 23.1 Å². The minimum Gasteiger partial charge on any atom is -0.507 e. The predicted molar refractivity (Wildman–Crippen MR) is 180 cm³/mol. The Morgan fingerprint density at radius 3 is 2.37 bits per heavy atom. The number of aliphatic hydroxyl groups excluding tert-OH is 1. The molecule has 1 aliphatic rings. The van der Waals surface area contributed by atoms with Crippen LogP contribution in [0.25, 0.3) is 5.76 Å². The fourth-order valence-electron chi connectivity index (χ4n) is 5.18. The summed E-state index contributed by atoms with van der Waals surface area (Å²) in [7, 11) is 1.54. The van der Waals surface area contributed by atoms with Gasteiger partial charge in [0.15, 0.2) is 4.34 Å². The lowest BCUT2D eigenvalue weighted by Crippen LogP contribution is -2.29. The van der Waals surface area contributed by atoms with Crippen LogP contribution in [0.5, 0.6) is 11.5 Å². The van der Waals surface area contributed by atoms with Crippen molar-refractivity contribution >= 4 is 45.7 Å². The normalized spacial score (nSPS) is 15.7. The summed E-state index contributed by atoms with van der Waals surface area (Å²) in [6.07, 6.45) is 0. The summed E-state index contributed by atoms with van der Waals surface area (Å²) >= 11 is 2.73. The van der Waals surface area contributed by atoms with E-state index in [-0.39, 0.29) is 16.5 Å². The summed E-state index contributed by atoms with van der Waals surface area (Å²) < 4.78 is 12.0. The second-order valence-corrected chi connectivity index (χ2v) is 13.1. The molecule has 1 saturated heterocycles. The van der Waals surface area contributed by atoms with Crippen LogP contribution in [0.15, 0.2) is 107 Å². The Hall–Kier alpha value is -4.93. The van der Waals surface area contributed by atoms with E-state index in [0.29, 0.717) is 39.3 Å². The first-order valence-corrected chi connectivity index (χ1v) is 16.4. The molecule has 0 aliphatic carbocycles. The van der Waals surface area contributed by atoms with Crippen molar-refractivity contribution in [1.29, 1.82) is 0 Å². The number of ketones is 1. The molecular formula is C36H31N3O5S2. The number of carbonyl (C=O) groups is 2. The van der Waals surface area contributed by atoms with Gasteiger partial charge < -0.3 is 14.6 Å². The minimum absolute atomic E-state index is 0.0456. The van der Waals surface area contributed by atoms with Crippen LogP contribution in [0.3, 0.4) is 0 Å². The zero-order valence-electron chi connectivity index (χ0n) is 25.5. The number of aryl methyl sites for hydroxylation is 2. The van der Waals surface area contributed by atoms with Crippen molar-refractivity contribution in [1.82, 2.24) is 10.2 Å². The summed E-state index contributed by atoms with van der Waals surface area (Å²) in [5.74, 6) is -0.0694.